The highest BCUT2D eigenvalue weighted by atomic mass is 19.4. The number of allylic oxidation sites excluding steroid dienone is 1. The topological polar surface area (TPSA) is 91.3 Å². The van der Waals surface area contributed by atoms with E-state index in [1.165, 1.54) is 42.5 Å². The SMILES string of the molecule is C=C(C)c1cc(-c2nnc(-c3ccc(COC(F)(F)F)cc3)o2)ccc1[N+](=O)[O-]. The van der Waals surface area contributed by atoms with Crippen molar-refractivity contribution < 1.29 is 27.2 Å². The van der Waals surface area contributed by atoms with Gasteiger partial charge in [-0.15, -0.1) is 23.4 Å². The van der Waals surface area contributed by atoms with Crippen molar-refractivity contribution in [2.75, 3.05) is 0 Å². The summed E-state index contributed by atoms with van der Waals surface area (Å²) in [5.41, 5.74) is 2.07. The molecule has 0 aliphatic rings. The minimum absolute atomic E-state index is 0.0855. The van der Waals surface area contributed by atoms with E-state index in [1.54, 1.807) is 6.92 Å². The molecule has 0 unspecified atom stereocenters. The summed E-state index contributed by atoms with van der Waals surface area (Å²) in [7, 11) is 0. The molecular formula is C19H14F3N3O4. The van der Waals surface area contributed by atoms with Gasteiger partial charge in [0.1, 0.15) is 0 Å². The number of nitro benzene ring substituents is 1. The molecule has 0 spiro atoms. The van der Waals surface area contributed by atoms with E-state index in [0.717, 1.165) is 0 Å². The number of nitro groups is 1. The van der Waals surface area contributed by atoms with Crippen LogP contribution in [0.2, 0.25) is 0 Å². The van der Waals surface area contributed by atoms with Gasteiger partial charge in [-0.25, -0.2) is 0 Å². The summed E-state index contributed by atoms with van der Waals surface area (Å²) in [6.45, 7) is 4.79. The molecule has 0 aliphatic carbocycles. The van der Waals surface area contributed by atoms with Crippen LogP contribution in [0.25, 0.3) is 28.5 Å². The van der Waals surface area contributed by atoms with Crippen LogP contribution in [0.3, 0.4) is 0 Å². The molecule has 3 aromatic rings. The molecule has 0 saturated heterocycles. The van der Waals surface area contributed by atoms with Crippen LogP contribution in [0.4, 0.5) is 18.9 Å². The van der Waals surface area contributed by atoms with Crippen molar-refractivity contribution in [1.29, 1.82) is 0 Å². The van der Waals surface area contributed by atoms with E-state index in [-0.39, 0.29) is 17.5 Å². The average molecular weight is 405 g/mol. The maximum Gasteiger partial charge on any atom is 0.522 e. The minimum Gasteiger partial charge on any atom is -0.416 e. The number of alkyl halides is 3. The van der Waals surface area contributed by atoms with E-state index in [0.29, 0.717) is 27.8 Å². The van der Waals surface area contributed by atoms with E-state index in [4.69, 9.17) is 4.42 Å². The van der Waals surface area contributed by atoms with Crippen LogP contribution in [0.5, 0.6) is 0 Å². The molecule has 0 radical (unpaired) electrons. The first-order valence-corrected chi connectivity index (χ1v) is 8.22. The van der Waals surface area contributed by atoms with E-state index in [1.807, 2.05) is 0 Å². The molecule has 0 aliphatic heterocycles. The molecule has 0 atom stereocenters. The van der Waals surface area contributed by atoms with Gasteiger partial charge < -0.3 is 4.42 Å². The van der Waals surface area contributed by atoms with Crippen LogP contribution >= 0.6 is 0 Å². The zero-order valence-electron chi connectivity index (χ0n) is 15.1. The lowest BCUT2D eigenvalue weighted by molar-refractivity contribution is -0.385. The Bertz CT molecular complexity index is 1060. The van der Waals surface area contributed by atoms with Gasteiger partial charge in [-0.3, -0.25) is 14.9 Å². The maximum absolute atomic E-state index is 12.1. The molecular weight excluding hydrogens is 391 g/mol. The monoisotopic (exact) mass is 405 g/mol. The highest BCUT2D eigenvalue weighted by Gasteiger charge is 2.28. The molecule has 0 bridgehead atoms. The molecule has 29 heavy (non-hydrogen) atoms. The third-order valence-electron chi connectivity index (χ3n) is 3.93. The molecule has 2 aromatic carbocycles. The van der Waals surface area contributed by atoms with Gasteiger partial charge in [-0.05, 0) is 42.3 Å². The highest BCUT2D eigenvalue weighted by molar-refractivity contribution is 5.74. The van der Waals surface area contributed by atoms with Gasteiger partial charge in [0.15, 0.2) is 0 Å². The Kier molecular flexibility index (Phi) is 5.46. The number of benzene rings is 2. The van der Waals surface area contributed by atoms with Crippen molar-refractivity contribution >= 4 is 11.3 Å². The number of halogens is 3. The zero-order valence-corrected chi connectivity index (χ0v) is 15.1. The molecule has 10 heteroatoms. The fourth-order valence-electron chi connectivity index (χ4n) is 2.54. The van der Waals surface area contributed by atoms with Crippen molar-refractivity contribution in [1.82, 2.24) is 10.2 Å². The standard InChI is InChI=1S/C19H14F3N3O4/c1-11(2)15-9-14(7-8-16(15)25(26)27)18-24-23-17(29-18)13-5-3-12(4-6-13)10-28-19(20,21)22/h3-9H,1,10H2,2H3. The summed E-state index contributed by atoms with van der Waals surface area (Å²) in [5.74, 6) is 0.292. The summed E-state index contributed by atoms with van der Waals surface area (Å²) >= 11 is 0. The first-order valence-electron chi connectivity index (χ1n) is 8.22. The molecule has 150 valence electrons. The highest BCUT2D eigenvalue weighted by Crippen LogP contribution is 2.31. The van der Waals surface area contributed by atoms with Crippen molar-refractivity contribution in [3.63, 3.8) is 0 Å². The molecule has 0 N–H and O–H groups in total. The van der Waals surface area contributed by atoms with Crippen LogP contribution in [-0.4, -0.2) is 21.5 Å². The Morgan fingerprint density at radius 1 is 1.14 bits per heavy atom. The smallest absolute Gasteiger partial charge is 0.416 e. The summed E-state index contributed by atoms with van der Waals surface area (Å²) in [4.78, 5) is 10.6. The van der Waals surface area contributed by atoms with Crippen LogP contribution in [-0.2, 0) is 11.3 Å². The van der Waals surface area contributed by atoms with E-state index in [9.17, 15) is 23.3 Å². The Balaban J connectivity index is 1.83. The minimum atomic E-state index is -4.70. The third-order valence-corrected chi connectivity index (χ3v) is 3.93. The second-order valence-electron chi connectivity index (χ2n) is 6.11. The lowest BCUT2D eigenvalue weighted by atomic mass is 10.0. The Morgan fingerprint density at radius 2 is 1.72 bits per heavy atom. The summed E-state index contributed by atoms with van der Waals surface area (Å²) in [6, 6.07) is 10.3. The lowest BCUT2D eigenvalue weighted by Crippen LogP contribution is -2.12. The van der Waals surface area contributed by atoms with Gasteiger partial charge in [-0.1, -0.05) is 18.7 Å². The summed E-state index contributed by atoms with van der Waals surface area (Å²) in [6.07, 6.45) is -4.70. The largest absolute Gasteiger partial charge is 0.522 e. The second-order valence-corrected chi connectivity index (χ2v) is 6.11. The Hall–Kier alpha value is -3.53. The van der Waals surface area contributed by atoms with Crippen molar-refractivity contribution in [2.24, 2.45) is 0 Å². The normalized spacial score (nSPS) is 11.4. The quantitative estimate of drug-likeness (QED) is 0.404. The van der Waals surface area contributed by atoms with Gasteiger partial charge in [0.2, 0.25) is 11.8 Å². The van der Waals surface area contributed by atoms with Gasteiger partial charge >= 0.3 is 6.36 Å². The maximum atomic E-state index is 12.1. The van der Waals surface area contributed by atoms with E-state index >= 15 is 0 Å². The fourth-order valence-corrected chi connectivity index (χ4v) is 2.54. The number of nitrogens with zero attached hydrogens (tertiary/aromatic N) is 3. The Morgan fingerprint density at radius 3 is 2.28 bits per heavy atom. The van der Waals surface area contributed by atoms with Crippen LogP contribution < -0.4 is 0 Å². The predicted molar refractivity (Wildman–Crippen MR) is 97.4 cm³/mol. The molecule has 1 aromatic heterocycles. The summed E-state index contributed by atoms with van der Waals surface area (Å²) < 4.78 is 45.7. The first-order chi connectivity index (χ1) is 13.6. The number of rotatable bonds is 6. The lowest BCUT2D eigenvalue weighted by Gasteiger charge is -2.07. The Labute approximate surface area is 162 Å². The van der Waals surface area contributed by atoms with Crippen molar-refractivity contribution in [3.8, 4) is 22.9 Å². The zero-order chi connectivity index (χ0) is 21.2. The van der Waals surface area contributed by atoms with Crippen molar-refractivity contribution in [3.05, 3.63) is 70.3 Å². The number of aromatic nitrogens is 2. The fraction of sp³-hybridized carbons (Fsp3) is 0.158. The number of ether oxygens (including phenoxy) is 1. The molecule has 0 amide bonds. The molecule has 7 nitrogen and oxygen atoms in total. The van der Waals surface area contributed by atoms with Crippen molar-refractivity contribution in [2.45, 2.75) is 19.9 Å². The third kappa shape index (κ3) is 4.85. The molecule has 1 heterocycles. The van der Waals surface area contributed by atoms with Gasteiger partial charge in [0, 0.05) is 17.2 Å². The second kappa shape index (κ2) is 7.84. The number of hydrogen-bond donors (Lipinski definition) is 0. The molecule has 3 rings (SSSR count). The number of hydrogen-bond acceptors (Lipinski definition) is 6. The van der Waals surface area contributed by atoms with Crippen LogP contribution in [0.1, 0.15) is 18.1 Å². The van der Waals surface area contributed by atoms with Crippen LogP contribution in [0, 0.1) is 10.1 Å². The van der Waals surface area contributed by atoms with E-state index in [2.05, 4.69) is 21.5 Å². The van der Waals surface area contributed by atoms with Gasteiger partial charge in [0.05, 0.1) is 17.1 Å². The first kappa shape index (κ1) is 20.2. The van der Waals surface area contributed by atoms with Crippen LogP contribution in [0.15, 0.2) is 53.5 Å². The molecule has 0 saturated carbocycles. The average Bonchev–Trinajstić information content (AvgIpc) is 3.16. The summed E-state index contributed by atoms with van der Waals surface area (Å²) in [5, 5.41) is 19.0. The molecule has 0 fully saturated rings. The predicted octanol–water partition coefficient (Wildman–Crippen LogP) is 5.38. The van der Waals surface area contributed by atoms with E-state index < -0.39 is 17.9 Å². The van der Waals surface area contributed by atoms with Gasteiger partial charge in [-0.2, -0.15) is 0 Å². The van der Waals surface area contributed by atoms with Gasteiger partial charge in [0.25, 0.3) is 5.69 Å².